The van der Waals surface area contributed by atoms with Gasteiger partial charge in [0.05, 0.1) is 0 Å². The monoisotopic (exact) mass is 317 g/mol. The van der Waals surface area contributed by atoms with Gasteiger partial charge in [0.1, 0.15) is 5.82 Å². The average molecular weight is 317 g/mol. The van der Waals surface area contributed by atoms with Crippen molar-refractivity contribution in [1.29, 1.82) is 0 Å². The summed E-state index contributed by atoms with van der Waals surface area (Å²) in [4.78, 5) is 0. The molecule has 0 radical (unpaired) electrons. The van der Waals surface area contributed by atoms with Crippen LogP contribution < -0.4 is 5.32 Å². The van der Waals surface area contributed by atoms with E-state index in [2.05, 4.69) is 20.6 Å². The fraction of sp³-hybridized carbons (Fsp3) is 0.583. The SMILES string of the molecule is FC(F)(F)c1nnc2ccc(NCC3CCCCS3)nn12. The number of nitrogens with one attached hydrogen (secondary N) is 1. The second-order valence-electron chi connectivity index (χ2n) is 4.88. The number of hydrogen-bond acceptors (Lipinski definition) is 5. The Morgan fingerprint density at radius 2 is 2.14 bits per heavy atom. The first kappa shape index (κ1) is 14.4. The number of alkyl halides is 3. The average Bonchev–Trinajstić information content (AvgIpc) is 2.89. The van der Waals surface area contributed by atoms with E-state index in [9.17, 15) is 13.2 Å². The van der Waals surface area contributed by atoms with Crippen LogP contribution in [0.25, 0.3) is 5.65 Å². The summed E-state index contributed by atoms with van der Waals surface area (Å²) in [5.74, 6) is 0.440. The topological polar surface area (TPSA) is 55.1 Å². The lowest BCUT2D eigenvalue weighted by molar-refractivity contribution is -0.146. The Kier molecular flexibility index (Phi) is 3.92. The molecule has 0 saturated carbocycles. The minimum absolute atomic E-state index is 0.0833. The number of rotatable bonds is 3. The number of fused-ring (bicyclic) bond motifs is 1. The van der Waals surface area contributed by atoms with Gasteiger partial charge in [-0.2, -0.15) is 29.4 Å². The van der Waals surface area contributed by atoms with Gasteiger partial charge in [-0.15, -0.1) is 15.3 Å². The maximum absolute atomic E-state index is 12.8. The first-order valence-electron chi connectivity index (χ1n) is 6.69. The highest BCUT2D eigenvalue weighted by Gasteiger charge is 2.37. The molecule has 114 valence electrons. The van der Waals surface area contributed by atoms with Gasteiger partial charge in [-0.25, -0.2) is 0 Å². The lowest BCUT2D eigenvalue weighted by Gasteiger charge is -2.21. The summed E-state index contributed by atoms with van der Waals surface area (Å²) in [6, 6.07) is 3.10. The quantitative estimate of drug-likeness (QED) is 0.943. The van der Waals surface area contributed by atoms with E-state index in [0.717, 1.165) is 16.7 Å². The molecular formula is C12H14F3N5S. The van der Waals surface area contributed by atoms with Crippen molar-refractivity contribution in [3.63, 3.8) is 0 Å². The van der Waals surface area contributed by atoms with Crippen LogP contribution in [0.15, 0.2) is 12.1 Å². The Morgan fingerprint density at radius 1 is 1.29 bits per heavy atom. The molecule has 5 nitrogen and oxygen atoms in total. The first-order chi connectivity index (χ1) is 10.0. The maximum atomic E-state index is 12.8. The number of hydrogen-bond donors (Lipinski definition) is 1. The molecule has 2 aromatic heterocycles. The molecule has 0 aromatic carbocycles. The van der Waals surface area contributed by atoms with Gasteiger partial charge in [0.25, 0.3) is 5.82 Å². The highest BCUT2D eigenvalue weighted by Crippen LogP contribution is 2.28. The molecule has 9 heteroatoms. The minimum atomic E-state index is -4.57. The van der Waals surface area contributed by atoms with Crippen LogP contribution in [0.4, 0.5) is 19.0 Å². The van der Waals surface area contributed by atoms with E-state index in [1.807, 2.05) is 11.8 Å². The van der Waals surface area contributed by atoms with E-state index >= 15 is 0 Å². The van der Waals surface area contributed by atoms with E-state index in [-0.39, 0.29) is 5.65 Å². The molecule has 2 aromatic rings. The summed E-state index contributed by atoms with van der Waals surface area (Å²) in [5, 5.41) is 14.1. The molecule has 21 heavy (non-hydrogen) atoms. The van der Waals surface area contributed by atoms with Gasteiger partial charge in [0.2, 0.25) is 0 Å². The first-order valence-corrected chi connectivity index (χ1v) is 7.74. The van der Waals surface area contributed by atoms with Crippen LogP contribution >= 0.6 is 11.8 Å². The molecule has 3 rings (SSSR count). The molecule has 3 heterocycles. The van der Waals surface area contributed by atoms with Crippen LogP contribution in [0.1, 0.15) is 25.1 Å². The zero-order chi connectivity index (χ0) is 14.9. The molecule has 1 aliphatic rings. The van der Waals surface area contributed by atoms with Crippen molar-refractivity contribution in [3.8, 4) is 0 Å². The van der Waals surface area contributed by atoms with E-state index < -0.39 is 12.0 Å². The molecule has 1 saturated heterocycles. The number of aromatic nitrogens is 4. The molecule has 1 unspecified atom stereocenters. The van der Waals surface area contributed by atoms with E-state index in [1.54, 1.807) is 6.07 Å². The van der Waals surface area contributed by atoms with Crippen molar-refractivity contribution in [2.24, 2.45) is 0 Å². The van der Waals surface area contributed by atoms with Crippen molar-refractivity contribution in [3.05, 3.63) is 18.0 Å². The van der Waals surface area contributed by atoms with Gasteiger partial charge in [0, 0.05) is 11.8 Å². The molecule has 0 amide bonds. The predicted octanol–water partition coefficient (Wildman–Crippen LogP) is 2.84. The summed E-state index contributed by atoms with van der Waals surface area (Å²) >= 11 is 1.89. The molecule has 1 aliphatic heterocycles. The minimum Gasteiger partial charge on any atom is -0.368 e. The summed E-state index contributed by atoms with van der Waals surface area (Å²) in [7, 11) is 0. The molecular weight excluding hydrogens is 303 g/mol. The van der Waals surface area contributed by atoms with Crippen LogP contribution in [-0.4, -0.2) is 37.4 Å². The van der Waals surface area contributed by atoms with Crippen molar-refractivity contribution < 1.29 is 13.2 Å². The van der Waals surface area contributed by atoms with E-state index in [1.165, 1.54) is 18.9 Å². The van der Waals surface area contributed by atoms with Crippen molar-refractivity contribution in [2.75, 3.05) is 17.6 Å². The Morgan fingerprint density at radius 3 is 2.86 bits per heavy atom. The fourth-order valence-corrected chi connectivity index (χ4v) is 3.49. The third kappa shape index (κ3) is 3.22. The van der Waals surface area contributed by atoms with E-state index in [4.69, 9.17) is 0 Å². The van der Waals surface area contributed by atoms with Crippen LogP contribution in [0.3, 0.4) is 0 Å². The highest BCUT2D eigenvalue weighted by molar-refractivity contribution is 7.99. The van der Waals surface area contributed by atoms with Crippen molar-refractivity contribution in [2.45, 2.75) is 30.7 Å². The predicted molar refractivity (Wildman–Crippen MR) is 74.4 cm³/mol. The zero-order valence-electron chi connectivity index (χ0n) is 11.1. The van der Waals surface area contributed by atoms with Crippen LogP contribution in [0.5, 0.6) is 0 Å². The maximum Gasteiger partial charge on any atom is 0.453 e. The third-order valence-electron chi connectivity index (χ3n) is 3.30. The van der Waals surface area contributed by atoms with Gasteiger partial charge in [-0.3, -0.25) is 0 Å². The highest BCUT2D eigenvalue weighted by atomic mass is 32.2. The number of nitrogens with zero attached hydrogens (tertiary/aromatic N) is 4. The largest absolute Gasteiger partial charge is 0.453 e. The lowest BCUT2D eigenvalue weighted by atomic mass is 10.2. The fourth-order valence-electron chi connectivity index (χ4n) is 2.25. The number of anilines is 1. The van der Waals surface area contributed by atoms with Crippen molar-refractivity contribution in [1.82, 2.24) is 19.8 Å². The Hall–Kier alpha value is -1.51. The number of halogens is 3. The Labute approximate surface area is 123 Å². The molecule has 0 bridgehead atoms. The van der Waals surface area contributed by atoms with Crippen LogP contribution in [0, 0.1) is 0 Å². The Bertz CT molecular complexity index is 621. The second kappa shape index (κ2) is 5.70. The number of thioether (sulfide) groups is 1. The van der Waals surface area contributed by atoms with Gasteiger partial charge < -0.3 is 5.32 Å². The zero-order valence-corrected chi connectivity index (χ0v) is 11.9. The molecule has 1 fully saturated rings. The normalized spacial score (nSPS) is 19.9. The Balaban J connectivity index is 1.76. The second-order valence-corrected chi connectivity index (χ2v) is 6.29. The van der Waals surface area contributed by atoms with Crippen LogP contribution in [-0.2, 0) is 6.18 Å². The van der Waals surface area contributed by atoms with Gasteiger partial charge in [0.15, 0.2) is 5.65 Å². The van der Waals surface area contributed by atoms with Crippen LogP contribution in [0.2, 0.25) is 0 Å². The molecule has 1 N–H and O–H groups in total. The molecule has 0 aliphatic carbocycles. The van der Waals surface area contributed by atoms with E-state index in [0.29, 0.717) is 17.6 Å². The van der Waals surface area contributed by atoms with Gasteiger partial charge >= 0.3 is 6.18 Å². The third-order valence-corrected chi connectivity index (χ3v) is 4.70. The summed E-state index contributed by atoms with van der Waals surface area (Å²) in [6.07, 6.45) is -0.999. The summed E-state index contributed by atoms with van der Waals surface area (Å²) in [5.41, 5.74) is 0.0833. The molecule has 0 spiro atoms. The van der Waals surface area contributed by atoms with Crippen molar-refractivity contribution >= 4 is 23.2 Å². The summed E-state index contributed by atoms with van der Waals surface area (Å²) in [6.45, 7) is 0.701. The standard InChI is InChI=1S/C12H14F3N5S/c13-12(14,15)11-18-17-10-5-4-9(19-20(10)11)16-7-8-3-1-2-6-21-8/h4-5,8H,1-3,6-7H2,(H,16,19). The summed E-state index contributed by atoms with van der Waals surface area (Å²) < 4.78 is 39.0. The molecule has 1 atom stereocenters. The smallest absolute Gasteiger partial charge is 0.368 e. The lowest BCUT2D eigenvalue weighted by Crippen LogP contribution is -2.21. The van der Waals surface area contributed by atoms with Gasteiger partial charge in [-0.05, 0) is 30.7 Å². The van der Waals surface area contributed by atoms with Gasteiger partial charge in [-0.1, -0.05) is 6.42 Å².